The zero-order valence-electron chi connectivity index (χ0n) is 8.45. The molecule has 0 saturated heterocycles. The highest BCUT2D eigenvalue weighted by Gasteiger charge is 2.06. The number of aryl methyl sites for hydroxylation is 1. The van der Waals surface area contributed by atoms with Crippen LogP contribution in [0.25, 0.3) is 0 Å². The molecule has 0 aliphatic heterocycles. The van der Waals surface area contributed by atoms with E-state index in [0.29, 0.717) is 10.0 Å². The zero-order valence-corrected chi connectivity index (χ0v) is 10.8. The minimum Gasteiger partial charge on any atom is -0.225 e. The summed E-state index contributed by atoms with van der Waals surface area (Å²) in [6.07, 6.45) is 1.51. The summed E-state index contributed by atoms with van der Waals surface area (Å²) in [7, 11) is 0. The molecule has 1 heterocycles. The number of nitrogens with zero attached hydrogens (tertiary/aromatic N) is 2. The van der Waals surface area contributed by atoms with E-state index < -0.39 is 0 Å². The molecule has 2 aromatic rings. The van der Waals surface area contributed by atoms with Crippen molar-refractivity contribution in [1.29, 1.82) is 0 Å². The third-order valence-electron chi connectivity index (χ3n) is 1.92. The summed E-state index contributed by atoms with van der Waals surface area (Å²) in [6, 6.07) is 8.12. The number of benzene rings is 1. The number of hydrogen-bond donors (Lipinski definition) is 0. The number of aromatic nitrogens is 2. The Morgan fingerprint density at radius 2 is 1.81 bits per heavy atom. The molecule has 0 N–H and O–H groups in total. The predicted molar refractivity (Wildman–Crippen MR) is 67.4 cm³/mol. The molecule has 1 aromatic carbocycles. The Labute approximate surface area is 108 Å². The zero-order chi connectivity index (χ0) is 11.5. The Balaban J connectivity index is 2.26. The summed E-state index contributed by atoms with van der Waals surface area (Å²) < 4.78 is 0. The van der Waals surface area contributed by atoms with E-state index in [1.807, 2.05) is 31.2 Å². The average Bonchev–Trinajstić information content (AvgIpc) is 2.27. The van der Waals surface area contributed by atoms with Gasteiger partial charge in [-0.15, -0.1) is 0 Å². The topological polar surface area (TPSA) is 25.8 Å². The molecule has 2 nitrogen and oxygen atoms in total. The third-order valence-corrected chi connectivity index (χ3v) is 3.50. The minimum absolute atomic E-state index is 0.207. The van der Waals surface area contributed by atoms with Gasteiger partial charge in [0.1, 0.15) is 5.03 Å². The molecule has 0 saturated carbocycles. The van der Waals surface area contributed by atoms with Gasteiger partial charge in [-0.05, 0) is 30.7 Å². The van der Waals surface area contributed by atoms with Gasteiger partial charge in [-0.25, -0.2) is 9.97 Å². The summed E-state index contributed by atoms with van der Waals surface area (Å²) in [5.41, 5.74) is 1.22. The molecule has 0 spiro atoms. The van der Waals surface area contributed by atoms with Crippen LogP contribution in [-0.4, -0.2) is 9.97 Å². The summed E-state index contributed by atoms with van der Waals surface area (Å²) in [4.78, 5) is 8.95. The highest BCUT2D eigenvalue weighted by atomic mass is 35.5. The first-order chi connectivity index (χ1) is 7.65. The largest absolute Gasteiger partial charge is 0.225 e. The molecule has 5 heteroatoms. The highest BCUT2D eigenvalue weighted by Crippen LogP contribution is 2.31. The molecule has 0 fully saturated rings. The molecule has 0 aliphatic rings. The van der Waals surface area contributed by atoms with Gasteiger partial charge in [0.05, 0.1) is 11.2 Å². The maximum Gasteiger partial charge on any atom is 0.223 e. The molecular weight excluding hydrogens is 263 g/mol. The lowest BCUT2D eigenvalue weighted by molar-refractivity contribution is 1.05. The van der Waals surface area contributed by atoms with Crippen molar-refractivity contribution in [2.75, 3.05) is 0 Å². The Bertz CT molecular complexity index is 500. The lowest BCUT2D eigenvalue weighted by atomic mass is 10.2. The van der Waals surface area contributed by atoms with E-state index in [-0.39, 0.29) is 5.28 Å². The van der Waals surface area contributed by atoms with Gasteiger partial charge < -0.3 is 0 Å². The van der Waals surface area contributed by atoms with Gasteiger partial charge in [-0.2, -0.15) is 0 Å². The molecule has 16 heavy (non-hydrogen) atoms. The normalized spacial score (nSPS) is 10.4. The number of rotatable bonds is 2. The molecule has 0 atom stereocenters. The van der Waals surface area contributed by atoms with E-state index in [1.165, 1.54) is 23.5 Å². The van der Waals surface area contributed by atoms with Gasteiger partial charge in [0, 0.05) is 4.90 Å². The molecule has 0 unspecified atom stereocenters. The smallest absolute Gasteiger partial charge is 0.223 e. The van der Waals surface area contributed by atoms with Crippen molar-refractivity contribution in [2.45, 2.75) is 16.8 Å². The van der Waals surface area contributed by atoms with Crippen molar-refractivity contribution in [2.24, 2.45) is 0 Å². The second-order valence-electron chi connectivity index (χ2n) is 3.21. The lowest BCUT2D eigenvalue weighted by Gasteiger charge is -2.03. The molecule has 0 aliphatic carbocycles. The lowest BCUT2D eigenvalue weighted by Crippen LogP contribution is -1.86. The first-order valence-electron chi connectivity index (χ1n) is 4.58. The minimum atomic E-state index is 0.207. The summed E-state index contributed by atoms with van der Waals surface area (Å²) in [6.45, 7) is 2.04. The Kier molecular flexibility index (Phi) is 3.69. The van der Waals surface area contributed by atoms with Crippen LogP contribution >= 0.6 is 35.0 Å². The fraction of sp³-hybridized carbons (Fsp3) is 0.0909. The van der Waals surface area contributed by atoms with Crippen LogP contribution in [0.2, 0.25) is 10.3 Å². The molecule has 0 bridgehead atoms. The maximum absolute atomic E-state index is 5.97. The first-order valence-corrected chi connectivity index (χ1v) is 6.15. The van der Waals surface area contributed by atoms with E-state index in [4.69, 9.17) is 23.2 Å². The van der Waals surface area contributed by atoms with E-state index >= 15 is 0 Å². The van der Waals surface area contributed by atoms with Crippen LogP contribution in [0.15, 0.2) is 40.4 Å². The second kappa shape index (κ2) is 5.04. The maximum atomic E-state index is 5.97. The van der Waals surface area contributed by atoms with Crippen molar-refractivity contribution >= 4 is 35.0 Å². The van der Waals surface area contributed by atoms with Crippen LogP contribution in [0, 0.1) is 6.92 Å². The first kappa shape index (κ1) is 11.7. The SMILES string of the molecule is Cc1ccc(Sc2nc(Cl)ncc2Cl)cc1. The van der Waals surface area contributed by atoms with Gasteiger partial charge in [-0.3, -0.25) is 0 Å². The van der Waals surface area contributed by atoms with E-state index in [0.717, 1.165) is 4.90 Å². The Morgan fingerprint density at radius 1 is 1.12 bits per heavy atom. The van der Waals surface area contributed by atoms with Crippen LogP contribution in [0.1, 0.15) is 5.56 Å². The van der Waals surface area contributed by atoms with E-state index in [1.54, 1.807) is 0 Å². The van der Waals surface area contributed by atoms with Gasteiger partial charge >= 0.3 is 0 Å². The molecule has 0 radical (unpaired) electrons. The Morgan fingerprint density at radius 3 is 2.50 bits per heavy atom. The Hall–Kier alpha value is -0.770. The summed E-state index contributed by atoms with van der Waals surface area (Å²) in [5, 5.41) is 1.39. The van der Waals surface area contributed by atoms with Gasteiger partial charge in [0.15, 0.2) is 0 Å². The molecule has 82 valence electrons. The van der Waals surface area contributed by atoms with Crippen LogP contribution in [0.3, 0.4) is 0 Å². The molecule has 0 amide bonds. The standard InChI is InChI=1S/C11H8Cl2N2S/c1-7-2-4-8(5-3-7)16-10-9(12)6-14-11(13)15-10/h2-6H,1H3. The average molecular weight is 271 g/mol. The van der Waals surface area contributed by atoms with Crippen LogP contribution in [0.4, 0.5) is 0 Å². The van der Waals surface area contributed by atoms with Crippen LogP contribution < -0.4 is 0 Å². The monoisotopic (exact) mass is 270 g/mol. The molecular formula is C11H8Cl2N2S. The molecule has 1 aromatic heterocycles. The van der Waals surface area contributed by atoms with E-state index in [2.05, 4.69) is 9.97 Å². The van der Waals surface area contributed by atoms with Gasteiger partial charge in [-0.1, -0.05) is 41.1 Å². The van der Waals surface area contributed by atoms with Crippen molar-refractivity contribution < 1.29 is 0 Å². The van der Waals surface area contributed by atoms with Crippen LogP contribution in [-0.2, 0) is 0 Å². The van der Waals surface area contributed by atoms with Crippen molar-refractivity contribution in [1.82, 2.24) is 9.97 Å². The quantitative estimate of drug-likeness (QED) is 0.603. The predicted octanol–water partition coefficient (Wildman–Crippen LogP) is 4.24. The third kappa shape index (κ3) is 2.88. The fourth-order valence-electron chi connectivity index (χ4n) is 1.12. The van der Waals surface area contributed by atoms with Gasteiger partial charge in [0.25, 0.3) is 0 Å². The number of hydrogen-bond acceptors (Lipinski definition) is 3. The molecule has 2 rings (SSSR count). The summed E-state index contributed by atoms with van der Waals surface area (Å²) in [5.74, 6) is 0. The second-order valence-corrected chi connectivity index (χ2v) is 5.01. The number of halogens is 2. The van der Waals surface area contributed by atoms with E-state index in [9.17, 15) is 0 Å². The van der Waals surface area contributed by atoms with Gasteiger partial charge in [0.2, 0.25) is 5.28 Å². The van der Waals surface area contributed by atoms with Crippen molar-refractivity contribution in [3.05, 3.63) is 46.3 Å². The van der Waals surface area contributed by atoms with Crippen molar-refractivity contribution in [3.8, 4) is 0 Å². The summed E-state index contributed by atoms with van der Waals surface area (Å²) >= 11 is 13.2. The fourth-order valence-corrected chi connectivity index (χ4v) is 2.29. The highest BCUT2D eigenvalue weighted by molar-refractivity contribution is 7.99. The van der Waals surface area contributed by atoms with Crippen LogP contribution in [0.5, 0.6) is 0 Å². The van der Waals surface area contributed by atoms with Crippen molar-refractivity contribution in [3.63, 3.8) is 0 Å².